The first-order chi connectivity index (χ1) is 13.2. The van der Waals surface area contributed by atoms with Crippen LogP contribution in [0.5, 0.6) is 5.75 Å². The number of methoxy groups -OCH3 is 1. The van der Waals surface area contributed by atoms with Crippen molar-refractivity contribution in [3.8, 4) is 5.75 Å². The summed E-state index contributed by atoms with van der Waals surface area (Å²) in [7, 11) is 1.68. The highest BCUT2D eigenvalue weighted by Crippen LogP contribution is 2.24. The van der Waals surface area contributed by atoms with E-state index in [9.17, 15) is 4.79 Å². The molecule has 2 aromatic rings. The average molecular weight is 369 g/mol. The van der Waals surface area contributed by atoms with Crippen LogP contribution < -0.4 is 4.74 Å². The second-order valence-corrected chi connectivity index (χ2v) is 7.29. The van der Waals surface area contributed by atoms with Crippen LogP contribution >= 0.6 is 0 Å². The van der Waals surface area contributed by atoms with Crippen molar-refractivity contribution in [3.63, 3.8) is 0 Å². The van der Waals surface area contributed by atoms with Gasteiger partial charge in [-0.15, -0.1) is 0 Å². The van der Waals surface area contributed by atoms with Crippen molar-refractivity contribution in [1.29, 1.82) is 0 Å². The molecule has 0 N–H and O–H groups in total. The molecule has 6 nitrogen and oxygen atoms in total. The Bertz CT molecular complexity index is 804. The number of nitrogens with zero attached hydrogens (tertiary/aromatic N) is 3. The van der Waals surface area contributed by atoms with E-state index in [0.717, 1.165) is 74.3 Å². The number of aromatic nitrogens is 1. The van der Waals surface area contributed by atoms with E-state index in [1.54, 1.807) is 7.11 Å². The molecule has 1 aromatic heterocycles. The Hall–Kier alpha value is -2.18. The highest BCUT2D eigenvalue weighted by atomic mass is 16.5. The van der Waals surface area contributed by atoms with E-state index in [2.05, 4.69) is 23.1 Å². The lowest BCUT2D eigenvalue weighted by atomic mass is 10.2. The van der Waals surface area contributed by atoms with E-state index in [0.29, 0.717) is 6.61 Å². The SMILES string of the molecule is COc1cccc2ccc(CN3CCCN(C(=O)[C@@H]4CCCO4)CC3)nc12. The second kappa shape index (κ2) is 8.23. The first-order valence-corrected chi connectivity index (χ1v) is 9.80. The standard InChI is InChI=1S/C21H27N3O3/c1-26-18-6-2-5-16-8-9-17(22-20(16)18)15-23-10-4-11-24(13-12-23)21(25)19-7-3-14-27-19/h2,5-6,8-9,19H,3-4,7,10-15H2,1H3/t19-/m0/s1. The van der Waals surface area contributed by atoms with Gasteiger partial charge in [0.1, 0.15) is 17.4 Å². The fourth-order valence-electron chi connectivity index (χ4n) is 3.97. The lowest BCUT2D eigenvalue weighted by Crippen LogP contribution is -2.41. The highest BCUT2D eigenvalue weighted by Gasteiger charge is 2.29. The van der Waals surface area contributed by atoms with Gasteiger partial charge in [0.15, 0.2) is 0 Å². The monoisotopic (exact) mass is 369 g/mol. The van der Waals surface area contributed by atoms with Crippen LogP contribution in [-0.2, 0) is 16.1 Å². The van der Waals surface area contributed by atoms with Gasteiger partial charge in [-0.25, -0.2) is 4.98 Å². The van der Waals surface area contributed by atoms with Crippen molar-refractivity contribution in [2.45, 2.75) is 31.9 Å². The Morgan fingerprint density at radius 1 is 1.19 bits per heavy atom. The maximum absolute atomic E-state index is 12.6. The van der Waals surface area contributed by atoms with Crippen LogP contribution in [-0.4, -0.2) is 66.7 Å². The van der Waals surface area contributed by atoms with Crippen molar-refractivity contribution >= 4 is 16.8 Å². The lowest BCUT2D eigenvalue weighted by molar-refractivity contribution is -0.140. The third-order valence-corrected chi connectivity index (χ3v) is 5.45. The molecule has 2 aliphatic rings. The number of para-hydroxylation sites is 1. The smallest absolute Gasteiger partial charge is 0.251 e. The van der Waals surface area contributed by atoms with E-state index in [1.807, 2.05) is 17.0 Å². The van der Waals surface area contributed by atoms with Gasteiger partial charge in [0.25, 0.3) is 5.91 Å². The molecule has 0 bridgehead atoms. The van der Waals surface area contributed by atoms with Gasteiger partial charge in [-0.1, -0.05) is 18.2 Å². The zero-order chi connectivity index (χ0) is 18.6. The molecular formula is C21H27N3O3. The van der Waals surface area contributed by atoms with Crippen LogP contribution in [0.1, 0.15) is 25.0 Å². The Morgan fingerprint density at radius 3 is 2.93 bits per heavy atom. The summed E-state index contributed by atoms with van der Waals surface area (Å²) >= 11 is 0. The van der Waals surface area contributed by atoms with Crippen molar-refractivity contribution in [3.05, 3.63) is 36.0 Å². The molecule has 0 unspecified atom stereocenters. The molecular weight excluding hydrogens is 342 g/mol. The van der Waals surface area contributed by atoms with Gasteiger partial charge in [-0.05, 0) is 31.4 Å². The number of fused-ring (bicyclic) bond motifs is 1. The molecule has 144 valence electrons. The minimum atomic E-state index is -0.217. The molecule has 2 aliphatic heterocycles. The summed E-state index contributed by atoms with van der Waals surface area (Å²) in [5, 5.41) is 1.09. The molecule has 2 saturated heterocycles. The van der Waals surface area contributed by atoms with Crippen molar-refractivity contribution < 1.29 is 14.3 Å². The third-order valence-electron chi connectivity index (χ3n) is 5.45. The topological polar surface area (TPSA) is 54.9 Å². The van der Waals surface area contributed by atoms with Gasteiger partial charge in [0.2, 0.25) is 0 Å². The Kier molecular flexibility index (Phi) is 5.55. The van der Waals surface area contributed by atoms with Gasteiger partial charge in [-0.3, -0.25) is 9.69 Å². The molecule has 0 spiro atoms. The number of carbonyl (C=O) groups is 1. The fourth-order valence-corrected chi connectivity index (χ4v) is 3.97. The van der Waals surface area contributed by atoms with Crippen LogP contribution in [0.2, 0.25) is 0 Å². The molecule has 0 radical (unpaired) electrons. The summed E-state index contributed by atoms with van der Waals surface area (Å²) in [5.74, 6) is 0.974. The Labute approximate surface area is 160 Å². The third kappa shape index (κ3) is 4.06. The molecule has 2 fully saturated rings. The molecule has 1 aromatic carbocycles. The molecule has 0 aliphatic carbocycles. The molecule has 27 heavy (non-hydrogen) atoms. The molecule has 6 heteroatoms. The summed E-state index contributed by atoms with van der Waals surface area (Å²) in [6, 6.07) is 10.2. The van der Waals surface area contributed by atoms with Gasteiger partial charge < -0.3 is 14.4 Å². The van der Waals surface area contributed by atoms with E-state index in [-0.39, 0.29) is 12.0 Å². The molecule has 0 saturated carbocycles. The first kappa shape index (κ1) is 18.2. The van der Waals surface area contributed by atoms with E-state index in [1.165, 1.54) is 0 Å². The predicted molar refractivity (Wildman–Crippen MR) is 104 cm³/mol. The number of hydrogen-bond donors (Lipinski definition) is 0. The number of carbonyl (C=O) groups excluding carboxylic acids is 1. The van der Waals surface area contributed by atoms with Crippen LogP contribution in [0.15, 0.2) is 30.3 Å². The van der Waals surface area contributed by atoms with Crippen LogP contribution in [0.3, 0.4) is 0 Å². The minimum Gasteiger partial charge on any atom is -0.494 e. The highest BCUT2D eigenvalue weighted by molar-refractivity contribution is 5.84. The number of rotatable bonds is 4. The van der Waals surface area contributed by atoms with E-state index < -0.39 is 0 Å². The zero-order valence-electron chi connectivity index (χ0n) is 15.9. The summed E-state index contributed by atoms with van der Waals surface area (Å²) in [5.41, 5.74) is 1.94. The summed E-state index contributed by atoms with van der Waals surface area (Å²) in [6.45, 7) is 4.91. The van der Waals surface area contributed by atoms with Gasteiger partial charge in [-0.2, -0.15) is 0 Å². The maximum atomic E-state index is 12.6. The largest absolute Gasteiger partial charge is 0.494 e. The van der Waals surface area contributed by atoms with Crippen LogP contribution in [0, 0.1) is 0 Å². The summed E-state index contributed by atoms with van der Waals surface area (Å²) < 4.78 is 11.0. The van der Waals surface area contributed by atoms with Gasteiger partial charge >= 0.3 is 0 Å². The average Bonchev–Trinajstić information content (AvgIpc) is 3.14. The molecule has 1 atom stereocenters. The number of benzene rings is 1. The summed E-state index contributed by atoms with van der Waals surface area (Å²) in [4.78, 5) is 21.8. The van der Waals surface area contributed by atoms with Crippen LogP contribution in [0.4, 0.5) is 0 Å². The molecule has 4 rings (SSSR count). The van der Waals surface area contributed by atoms with E-state index >= 15 is 0 Å². The van der Waals surface area contributed by atoms with Crippen molar-refractivity contribution in [2.75, 3.05) is 39.9 Å². The maximum Gasteiger partial charge on any atom is 0.251 e. The Balaban J connectivity index is 1.41. The summed E-state index contributed by atoms with van der Waals surface area (Å²) in [6.07, 6.45) is 2.62. The van der Waals surface area contributed by atoms with E-state index in [4.69, 9.17) is 14.5 Å². The number of amides is 1. The fraction of sp³-hybridized carbons (Fsp3) is 0.524. The first-order valence-electron chi connectivity index (χ1n) is 9.80. The molecule has 3 heterocycles. The Morgan fingerprint density at radius 2 is 2.11 bits per heavy atom. The van der Waals surface area contributed by atoms with Crippen molar-refractivity contribution in [2.24, 2.45) is 0 Å². The molecule has 1 amide bonds. The number of ether oxygens (including phenoxy) is 2. The van der Waals surface area contributed by atoms with Gasteiger partial charge in [0.05, 0.1) is 12.8 Å². The van der Waals surface area contributed by atoms with Crippen molar-refractivity contribution in [1.82, 2.24) is 14.8 Å². The lowest BCUT2D eigenvalue weighted by Gasteiger charge is -2.24. The van der Waals surface area contributed by atoms with Crippen LogP contribution in [0.25, 0.3) is 10.9 Å². The second-order valence-electron chi connectivity index (χ2n) is 7.29. The van der Waals surface area contributed by atoms with Gasteiger partial charge in [0, 0.05) is 44.7 Å². The minimum absolute atomic E-state index is 0.169. The zero-order valence-corrected chi connectivity index (χ0v) is 15.9. The number of pyridine rings is 1. The normalized spacial score (nSPS) is 21.4. The predicted octanol–water partition coefficient (Wildman–Crippen LogP) is 2.46. The number of hydrogen-bond acceptors (Lipinski definition) is 5. The quantitative estimate of drug-likeness (QED) is 0.829.